The van der Waals surface area contributed by atoms with Crippen LogP contribution in [0.1, 0.15) is 48.0 Å². The van der Waals surface area contributed by atoms with E-state index in [4.69, 9.17) is 4.74 Å². The average molecular weight is 308 g/mol. The summed E-state index contributed by atoms with van der Waals surface area (Å²) >= 11 is 0. The zero-order chi connectivity index (χ0) is 17.1. The highest BCUT2D eigenvalue weighted by atomic mass is 16.5. The molecule has 0 spiro atoms. The van der Waals surface area contributed by atoms with Crippen LogP contribution in [0.3, 0.4) is 0 Å². The van der Waals surface area contributed by atoms with E-state index in [-0.39, 0.29) is 12.1 Å². The van der Waals surface area contributed by atoms with Crippen LogP contribution in [0.2, 0.25) is 0 Å². The van der Waals surface area contributed by atoms with Gasteiger partial charge in [-0.2, -0.15) is 0 Å². The predicted octanol–water partition coefficient (Wildman–Crippen LogP) is 3.32. The van der Waals surface area contributed by atoms with Crippen molar-refractivity contribution in [3.63, 3.8) is 0 Å². The molecule has 0 heterocycles. The first-order chi connectivity index (χ1) is 10.4. The van der Waals surface area contributed by atoms with Gasteiger partial charge in [-0.25, -0.2) is 0 Å². The maximum atomic E-state index is 10.4. The van der Waals surface area contributed by atoms with Crippen molar-refractivity contribution in [2.24, 2.45) is 0 Å². The number of allylic oxidation sites excluding steroid dienone is 4. The summed E-state index contributed by atoms with van der Waals surface area (Å²) in [5.41, 5.74) is 3.70. The number of nitrogens with one attached hydrogen (secondary N) is 2. The van der Waals surface area contributed by atoms with Crippen LogP contribution < -0.4 is 10.6 Å². The Kier molecular flexibility index (Phi) is 10.3. The number of rotatable bonds is 10. The highest BCUT2D eigenvalue weighted by Crippen LogP contribution is 2.21. The van der Waals surface area contributed by atoms with Crippen molar-refractivity contribution in [1.82, 2.24) is 10.6 Å². The fourth-order valence-corrected chi connectivity index (χ4v) is 2.17. The minimum atomic E-state index is 0.194. The number of carbonyl (C=O) groups is 1. The van der Waals surface area contributed by atoms with Gasteiger partial charge < -0.3 is 15.4 Å². The minimum Gasteiger partial charge on any atom is -0.496 e. The maximum Gasteiger partial charge on any atom is 0.207 e. The first-order valence-electron chi connectivity index (χ1n) is 7.87. The monoisotopic (exact) mass is 308 g/mol. The molecule has 0 aliphatic carbocycles. The highest BCUT2D eigenvalue weighted by Gasteiger charge is 2.11. The number of hydrogen-bond donors (Lipinski definition) is 2. The minimum absolute atomic E-state index is 0.194. The molecular formula is C18H32N2O2. The van der Waals surface area contributed by atoms with Gasteiger partial charge in [0.15, 0.2) is 0 Å². The topological polar surface area (TPSA) is 50.4 Å². The van der Waals surface area contributed by atoms with Gasteiger partial charge in [-0.1, -0.05) is 11.6 Å². The quantitative estimate of drug-likeness (QED) is 0.370. The third kappa shape index (κ3) is 6.94. The molecular weight excluding hydrogens is 276 g/mol. The van der Waals surface area contributed by atoms with Gasteiger partial charge in [-0.15, -0.1) is 0 Å². The lowest BCUT2D eigenvalue weighted by Gasteiger charge is -2.20. The van der Waals surface area contributed by atoms with E-state index < -0.39 is 0 Å². The van der Waals surface area contributed by atoms with Crippen molar-refractivity contribution in [2.75, 3.05) is 13.7 Å². The largest absolute Gasteiger partial charge is 0.496 e. The molecule has 22 heavy (non-hydrogen) atoms. The molecule has 2 unspecified atom stereocenters. The van der Waals surface area contributed by atoms with Gasteiger partial charge in [0.2, 0.25) is 6.41 Å². The summed E-state index contributed by atoms with van der Waals surface area (Å²) in [6.07, 6.45) is 5.63. The van der Waals surface area contributed by atoms with Crippen molar-refractivity contribution in [3.05, 3.63) is 34.6 Å². The molecule has 4 heteroatoms. The van der Waals surface area contributed by atoms with Gasteiger partial charge in [0, 0.05) is 12.1 Å². The Morgan fingerprint density at radius 1 is 1.18 bits per heavy atom. The average Bonchev–Trinajstić information content (AvgIpc) is 2.50. The molecule has 4 nitrogen and oxygen atoms in total. The van der Waals surface area contributed by atoms with Gasteiger partial charge in [0.1, 0.15) is 5.76 Å². The van der Waals surface area contributed by atoms with Crippen LogP contribution in [0, 0.1) is 0 Å². The fraction of sp³-hybridized carbons (Fsp3) is 0.611. The zero-order valence-electron chi connectivity index (χ0n) is 15.1. The van der Waals surface area contributed by atoms with Crippen molar-refractivity contribution in [3.8, 4) is 0 Å². The Balaban J connectivity index is 4.82. The first kappa shape index (κ1) is 20.5. The maximum absolute atomic E-state index is 10.4. The van der Waals surface area contributed by atoms with Crippen LogP contribution in [0.5, 0.6) is 0 Å². The number of ether oxygens (including phenoxy) is 1. The predicted molar refractivity (Wildman–Crippen MR) is 93.6 cm³/mol. The molecule has 0 aliphatic rings. The Morgan fingerprint density at radius 3 is 2.32 bits per heavy atom. The Morgan fingerprint density at radius 2 is 1.82 bits per heavy atom. The summed E-state index contributed by atoms with van der Waals surface area (Å²) in [5, 5.41) is 6.26. The van der Waals surface area contributed by atoms with Crippen LogP contribution in [0.25, 0.3) is 0 Å². The van der Waals surface area contributed by atoms with Crippen LogP contribution in [-0.2, 0) is 9.53 Å². The lowest BCUT2D eigenvalue weighted by molar-refractivity contribution is -0.110. The fourth-order valence-electron chi connectivity index (χ4n) is 2.17. The molecule has 0 bridgehead atoms. The molecule has 0 saturated heterocycles. The SMILES string of the molecule is C\C=C/C(OC)=C(C)\C(C)=C(/C)C(C)NCCC(C)NC=O. The molecule has 0 aromatic rings. The first-order valence-corrected chi connectivity index (χ1v) is 7.87. The van der Waals surface area contributed by atoms with Gasteiger partial charge in [-0.3, -0.25) is 4.79 Å². The molecule has 0 aromatic heterocycles. The molecule has 0 aromatic carbocycles. The number of methoxy groups -OCH3 is 1. The van der Waals surface area contributed by atoms with Crippen molar-refractivity contribution in [1.29, 1.82) is 0 Å². The lowest BCUT2D eigenvalue weighted by Crippen LogP contribution is -2.33. The summed E-state index contributed by atoms with van der Waals surface area (Å²) in [6.45, 7) is 13.4. The molecule has 0 rings (SSSR count). The molecule has 0 radical (unpaired) electrons. The van der Waals surface area contributed by atoms with E-state index in [0.717, 1.165) is 30.7 Å². The second kappa shape index (κ2) is 11.1. The Labute approximate surface area is 135 Å². The zero-order valence-corrected chi connectivity index (χ0v) is 15.1. The summed E-state index contributed by atoms with van der Waals surface area (Å²) < 4.78 is 5.44. The van der Waals surface area contributed by atoms with E-state index in [0.29, 0.717) is 0 Å². The van der Waals surface area contributed by atoms with Crippen LogP contribution >= 0.6 is 0 Å². The summed E-state index contributed by atoms with van der Waals surface area (Å²) in [5.74, 6) is 0.898. The number of hydrogen-bond acceptors (Lipinski definition) is 3. The highest BCUT2D eigenvalue weighted by molar-refractivity contribution is 5.46. The van der Waals surface area contributed by atoms with Crippen LogP contribution in [0.4, 0.5) is 0 Å². The van der Waals surface area contributed by atoms with Crippen LogP contribution in [-0.4, -0.2) is 32.1 Å². The van der Waals surface area contributed by atoms with Gasteiger partial charge >= 0.3 is 0 Å². The standard InChI is InChI=1S/C18H32N2O2/c1-8-9-18(22-7)16(5)14(3)15(4)17(6)19-11-10-13(2)20-12-21/h8-9,12-13,17,19H,10-11H2,1-7H3,(H,20,21)/b9-8-,15-14+,18-16+. The molecule has 0 fully saturated rings. The summed E-state index contributed by atoms with van der Waals surface area (Å²) in [6, 6.07) is 0.473. The van der Waals surface area contributed by atoms with Crippen molar-refractivity contribution < 1.29 is 9.53 Å². The van der Waals surface area contributed by atoms with Gasteiger partial charge in [0.25, 0.3) is 0 Å². The third-order valence-corrected chi connectivity index (χ3v) is 4.09. The smallest absolute Gasteiger partial charge is 0.207 e. The molecule has 0 aliphatic heterocycles. The van der Waals surface area contributed by atoms with E-state index in [1.807, 2.05) is 26.0 Å². The Hall–Kier alpha value is -1.55. The molecule has 126 valence electrons. The number of amides is 1. The van der Waals surface area contributed by atoms with Crippen molar-refractivity contribution >= 4 is 6.41 Å². The molecule has 1 amide bonds. The second-order valence-corrected chi connectivity index (χ2v) is 5.65. The molecule has 2 N–H and O–H groups in total. The summed E-state index contributed by atoms with van der Waals surface area (Å²) in [4.78, 5) is 10.4. The lowest BCUT2D eigenvalue weighted by atomic mass is 9.98. The van der Waals surface area contributed by atoms with E-state index in [1.165, 1.54) is 11.1 Å². The van der Waals surface area contributed by atoms with E-state index in [9.17, 15) is 4.79 Å². The second-order valence-electron chi connectivity index (χ2n) is 5.65. The van der Waals surface area contributed by atoms with Gasteiger partial charge in [0.05, 0.1) is 7.11 Å². The molecule has 0 saturated carbocycles. The van der Waals surface area contributed by atoms with E-state index >= 15 is 0 Å². The van der Waals surface area contributed by atoms with E-state index in [2.05, 4.69) is 38.3 Å². The Bertz CT molecular complexity index is 436. The van der Waals surface area contributed by atoms with E-state index in [1.54, 1.807) is 7.11 Å². The normalized spacial score (nSPS) is 16.7. The van der Waals surface area contributed by atoms with Gasteiger partial charge in [-0.05, 0) is 71.7 Å². The van der Waals surface area contributed by atoms with Crippen LogP contribution in [0.15, 0.2) is 34.6 Å². The third-order valence-electron chi connectivity index (χ3n) is 4.09. The summed E-state index contributed by atoms with van der Waals surface area (Å²) in [7, 11) is 1.70. The van der Waals surface area contributed by atoms with Crippen molar-refractivity contribution in [2.45, 2.75) is 60.0 Å². The molecule has 2 atom stereocenters. The number of carbonyl (C=O) groups excluding carboxylic acids is 1.